The summed E-state index contributed by atoms with van der Waals surface area (Å²) >= 11 is 0. The third kappa shape index (κ3) is 3.11. The van der Waals surface area contributed by atoms with Crippen molar-refractivity contribution in [2.75, 3.05) is 32.8 Å². The molecule has 0 N–H and O–H groups in total. The van der Waals surface area contributed by atoms with Crippen LogP contribution in [0.5, 0.6) is 0 Å². The molecule has 0 radical (unpaired) electrons. The van der Waals surface area contributed by atoms with E-state index < -0.39 is 0 Å². The van der Waals surface area contributed by atoms with Crippen LogP contribution in [0.15, 0.2) is 0 Å². The monoisotopic (exact) mass is 171 g/mol. The molecule has 0 bridgehead atoms. The quantitative estimate of drug-likeness (QED) is 0.639. The van der Waals surface area contributed by atoms with Gasteiger partial charge in [-0.1, -0.05) is 13.8 Å². The van der Waals surface area contributed by atoms with Gasteiger partial charge in [-0.15, -0.1) is 0 Å². The first kappa shape index (κ1) is 10.0. The highest BCUT2D eigenvalue weighted by Crippen LogP contribution is 2.14. The zero-order valence-electron chi connectivity index (χ0n) is 8.38. The average molecular weight is 171 g/mol. The number of ether oxygens (including phenoxy) is 1. The second-order valence-corrected chi connectivity index (χ2v) is 3.57. The van der Waals surface area contributed by atoms with Gasteiger partial charge >= 0.3 is 0 Å². The number of nitrogens with zero attached hydrogens (tertiary/aromatic N) is 1. The highest BCUT2D eigenvalue weighted by molar-refractivity contribution is 4.67. The molecule has 0 saturated carbocycles. The maximum atomic E-state index is 5.45. The minimum atomic E-state index is 0.790. The first-order valence-electron chi connectivity index (χ1n) is 5.16. The van der Waals surface area contributed by atoms with Gasteiger partial charge in [-0.25, -0.2) is 0 Å². The average Bonchev–Trinajstić information content (AvgIpc) is 2.16. The van der Waals surface area contributed by atoms with E-state index in [1.165, 1.54) is 32.5 Å². The van der Waals surface area contributed by atoms with Gasteiger partial charge in [0.2, 0.25) is 0 Å². The van der Waals surface area contributed by atoms with Crippen molar-refractivity contribution < 1.29 is 4.74 Å². The summed E-state index contributed by atoms with van der Waals surface area (Å²) in [4.78, 5) is 2.49. The highest BCUT2D eigenvalue weighted by Gasteiger charge is 2.15. The summed E-state index contributed by atoms with van der Waals surface area (Å²) in [5.41, 5.74) is 0. The van der Waals surface area contributed by atoms with Crippen LogP contribution >= 0.6 is 0 Å². The Balaban J connectivity index is 2.18. The molecular formula is C10H21NO. The molecule has 0 aromatic heterocycles. The van der Waals surface area contributed by atoms with Crippen molar-refractivity contribution in [1.29, 1.82) is 0 Å². The molecule has 1 fully saturated rings. The second kappa shape index (κ2) is 5.55. The molecule has 0 unspecified atom stereocenters. The molecule has 1 rings (SSSR count). The Hall–Kier alpha value is -0.0800. The first-order chi connectivity index (χ1) is 5.86. The van der Waals surface area contributed by atoms with Crippen LogP contribution in [-0.4, -0.2) is 37.7 Å². The van der Waals surface area contributed by atoms with Gasteiger partial charge in [-0.2, -0.15) is 0 Å². The molecular weight excluding hydrogens is 150 g/mol. The van der Waals surface area contributed by atoms with E-state index in [1.807, 2.05) is 0 Å². The minimum Gasteiger partial charge on any atom is -0.381 e. The molecule has 2 heteroatoms. The zero-order valence-corrected chi connectivity index (χ0v) is 8.38. The van der Waals surface area contributed by atoms with Crippen molar-refractivity contribution in [2.45, 2.75) is 26.7 Å². The van der Waals surface area contributed by atoms with E-state index in [9.17, 15) is 0 Å². The molecule has 1 atom stereocenters. The van der Waals surface area contributed by atoms with E-state index in [-0.39, 0.29) is 0 Å². The second-order valence-electron chi connectivity index (χ2n) is 3.57. The van der Waals surface area contributed by atoms with Crippen LogP contribution in [0.2, 0.25) is 0 Å². The topological polar surface area (TPSA) is 12.5 Å². The largest absolute Gasteiger partial charge is 0.381 e. The van der Waals surface area contributed by atoms with Gasteiger partial charge in [0.1, 0.15) is 0 Å². The lowest BCUT2D eigenvalue weighted by atomic mass is 10.0. The van der Waals surface area contributed by atoms with Crippen LogP contribution in [0.4, 0.5) is 0 Å². The van der Waals surface area contributed by atoms with E-state index in [4.69, 9.17) is 4.74 Å². The third-order valence-electron chi connectivity index (χ3n) is 2.67. The summed E-state index contributed by atoms with van der Waals surface area (Å²) in [6.45, 7) is 10.00. The van der Waals surface area contributed by atoms with E-state index in [1.54, 1.807) is 0 Å². The minimum absolute atomic E-state index is 0.790. The maximum Gasteiger partial charge on any atom is 0.0506 e. The Morgan fingerprint density at radius 1 is 1.33 bits per heavy atom. The van der Waals surface area contributed by atoms with Crippen LogP contribution < -0.4 is 0 Å². The lowest BCUT2D eigenvalue weighted by Crippen LogP contribution is -2.33. The van der Waals surface area contributed by atoms with Crippen molar-refractivity contribution >= 4 is 0 Å². The summed E-state index contributed by atoms with van der Waals surface area (Å²) in [6, 6.07) is 0. The fourth-order valence-corrected chi connectivity index (χ4v) is 1.80. The molecule has 0 aromatic rings. The molecule has 0 aromatic carbocycles. The standard InChI is InChI=1S/C10H21NO/c1-3-11(4-2)8-10-6-5-7-12-9-10/h10H,3-9H2,1-2H3/t10-/m0/s1. The molecule has 1 heterocycles. The fourth-order valence-electron chi connectivity index (χ4n) is 1.80. The predicted octanol–water partition coefficient (Wildman–Crippen LogP) is 1.75. The normalized spacial score (nSPS) is 24.8. The molecule has 0 amide bonds. The summed E-state index contributed by atoms with van der Waals surface area (Å²) in [5, 5.41) is 0. The van der Waals surface area contributed by atoms with Gasteiger partial charge in [-0.3, -0.25) is 0 Å². The van der Waals surface area contributed by atoms with Gasteiger partial charge in [0.05, 0.1) is 6.61 Å². The van der Waals surface area contributed by atoms with Crippen molar-refractivity contribution in [3.05, 3.63) is 0 Å². The van der Waals surface area contributed by atoms with E-state index in [0.29, 0.717) is 0 Å². The zero-order chi connectivity index (χ0) is 8.81. The van der Waals surface area contributed by atoms with Gasteiger partial charge in [-0.05, 0) is 31.8 Å². The maximum absolute atomic E-state index is 5.45. The Morgan fingerprint density at radius 3 is 2.58 bits per heavy atom. The number of hydrogen-bond acceptors (Lipinski definition) is 2. The van der Waals surface area contributed by atoms with Gasteiger partial charge < -0.3 is 9.64 Å². The van der Waals surface area contributed by atoms with Crippen LogP contribution in [0.1, 0.15) is 26.7 Å². The SMILES string of the molecule is CCN(CC)C[C@@H]1CCCOC1. The molecule has 0 spiro atoms. The molecule has 1 saturated heterocycles. The molecule has 2 nitrogen and oxygen atoms in total. The van der Waals surface area contributed by atoms with Crippen LogP contribution in [0.3, 0.4) is 0 Å². The summed E-state index contributed by atoms with van der Waals surface area (Å²) in [7, 11) is 0. The van der Waals surface area contributed by atoms with Crippen molar-refractivity contribution in [2.24, 2.45) is 5.92 Å². The van der Waals surface area contributed by atoms with Crippen LogP contribution in [-0.2, 0) is 4.74 Å². The predicted molar refractivity (Wildman–Crippen MR) is 51.3 cm³/mol. The van der Waals surface area contributed by atoms with E-state index in [2.05, 4.69) is 18.7 Å². The van der Waals surface area contributed by atoms with Gasteiger partial charge in [0, 0.05) is 13.2 Å². The Labute approximate surface area is 75.9 Å². The lowest BCUT2D eigenvalue weighted by Gasteiger charge is -2.27. The summed E-state index contributed by atoms with van der Waals surface area (Å²) in [5.74, 6) is 0.790. The molecule has 1 aliphatic rings. The Bertz CT molecular complexity index is 106. The van der Waals surface area contributed by atoms with Gasteiger partial charge in [0.15, 0.2) is 0 Å². The van der Waals surface area contributed by atoms with Crippen molar-refractivity contribution in [3.8, 4) is 0 Å². The van der Waals surface area contributed by atoms with Gasteiger partial charge in [0.25, 0.3) is 0 Å². The van der Waals surface area contributed by atoms with E-state index >= 15 is 0 Å². The fraction of sp³-hybridized carbons (Fsp3) is 1.00. The summed E-state index contributed by atoms with van der Waals surface area (Å²) < 4.78 is 5.45. The highest BCUT2D eigenvalue weighted by atomic mass is 16.5. The number of hydrogen-bond donors (Lipinski definition) is 0. The van der Waals surface area contributed by atoms with Crippen LogP contribution in [0, 0.1) is 5.92 Å². The lowest BCUT2D eigenvalue weighted by molar-refractivity contribution is 0.0400. The smallest absolute Gasteiger partial charge is 0.0506 e. The Morgan fingerprint density at radius 2 is 2.08 bits per heavy atom. The Kier molecular flexibility index (Phi) is 4.62. The van der Waals surface area contributed by atoms with Crippen LogP contribution in [0.25, 0.3) is 0 Å². The van der Waals surface area contributed by atoms with Crippen molar-refractivity contribution in [1.82, 2.24) is 4.90 Å². The molecule has 72 valence electrons. The summed E-state index contributed by atoms with van der Waals surface area (Å²) in [6.07, 6.45) is 2.61. The van der Waals surface area contributed by atoms with E-state index in [0.717, 1.165) is 19.1 Å². The van der Waals surface area contributed by atoms with Crippen molar-refractivity contribution in [3.63, 3.8) is 0 Å². The third-order valence-corrected chi connectivity index (χ3v) is 2.67. The molecule has 1 aliphatic heterocycles. The number of rotatable bonds is 4. The molecule has 12 heavy (non-hydrogen) atoms. The first-order valence-corrected chi connectivity index (χ1v) is 5.16. The molecule has 0 aliphatic carbocycles.